The van der Waals surface area contributed by atoms with Crippen molar-refractivity contribution in [3.63, 3.8) is 0 Å². The third-order valence-corrected chi connectivity index (χ3v) is 5.30. The summed E-state index contributed by atoms with van der Waals surface area (Å²) in [6.45, 7) is -0.0918. The number of anilines is 1. The highest BCUT2D eigenvalue weighted by Crippen LogP contribution is 2.17. The molecule has 2 amide bonds. The van der Waals surface area contributed by atoms with Crippen LogP contribution in [0.25, 0.3) is 0 Å². The molecule has 0 atom stereocenters. The third-order valence-electron chi connectivity index (χ3n) is 4.57. The van der Waals surface area contributed by atoms with Crippen molar-refractivity contribution < 1.29 is 28.6 Å². The van der Waals surface area contributed by atoms with E-state index < -0.39 is 5.97 Å². The van der Waals surface area contributed by atoms with Crippen LogP contribution in [0.5, 0.6) is 11.5 Å². The highest BCUT2D eigenvalue weighted by molar-refractivity contribution is 7.07. The number of thiophene rings is 1. The van der Waals surface area contributed by atoms with E-state index in [4.69, 9.17) is 14.2 Å². The van der Waals surface area contributed by atoms with E-state index in [0.717, 1.165) is 5.56 Å². The molecule has 0 unspecified atom stereocenters. The molecule has 3 rings (SSSR count). The zero-order chi connectivity index (χ0) is 23.6. The van der Waals surface area contributed by atoms with Crippen molar-refractivity contribution in [2.45, 2.75) is 6.54 Å². The van der Waals surface area contributed by atoms with E-state index in [0.29, 0.717) is 23.7 Å². The van der Waals surface area contributed by atoms with Crippen molar-refractivity contribution in [2.24, 2.45) is 0 Å². The molecule has 0 aliphatic heterocycles. The molecule has 3 aromatic rings. The maximum absolute atomic E-state index is 12.2. The summed E-state index contributed by atoms with van der Waals surface area (Å²) >= 11 is 1.56. The number of esters is 1. The summed E-state index contributed by atoms with van der Waals surface area (Å²) in [5, 5.41) is 6.61. The van der Waals surface area contributed by atoms with Gasteiger partial charge in [-0.3, -0.25) is 9.59 Å². The Labute approximate surface area is 195 Å². The molecule has 0 saturated heterocycles. The molecule has 0 fully saturated rings. The molecule has 0 spiro atoms. The normalized spacial score (nSPS) is 10.2. The van der Waals surface area contributed by atoms with Crippen molar-refractivity contribution in [1.29, 1.82) is 0 Å². The first-order valence-electron chi connectivity index (χ1n) is 10.0. The number of amides is 2. The van der Waals surface area contributed by atoms with Crippen LogP contribution in [0, 0.1) is 0 Å². The lowest BCUT2D eigenvalue weighted by Gasteiger charge is -2.16. The molecule has 33 heavy (non-hydrogen) atoms. The van der Waals surface area contributed by atoms with Gasteiger partial charge in [-0.05, 0) is 58.8 Å². The Hall–Kier alpha value is -3.85. The van der Waals surface area contributed by atoms with E-state index in [1.807, 2.05) is 16.8 Å². The number of methoxy groups -OCH3 is 1. The fraction of sp³-hybridized carbons (Fsp3) is 0.208. The second-order valence-electron chi connectivity index (χ2n) is 7.05. The number of carbonyl (C=O) groups excluding carboxylic acids is 3. The summed E-state index contributed by atoms with van der Waals surface area (Å²) in [6, 6.07) is 15.1. The van der Waals surface area contributed by atoms with Crippen LogP contribution >= 0.6 is 11.3 Å². The molecule has 0 radical (unpaired) electrons. The van der Waals surface area contributed by atoms with Gasteiger partial charge in [0.15, 0.2) is 13.2 Å². The quantitative estimate of drug-likeness (QED) is 0.457. The van der Waals surface area contributed by atoms with Crippen LogP contribution in [0.2, 0.25) is 0 Å². The van der Waals surface area contributed by atoms with E-state index in [9.17, 15) is 14.4 Å². The second kappa shape index (κ2) is 11.7. The molecule has 0 aliphatic carbocycles. The number of carbonyl (C=O) groups is 3. The molecular weight excluding hydrogens is 444 g/mol. The zero-order valence-corrected chi connectivity index (χ0v) is 19.1. The van der Waals surface area contributed by atoms with Crippen molar-refractivity contribution >= 4 is 34.8 Å². The number of likely N-dealkylation sites (N-methyl/N-ethyl adjacent to an activating group) is 1. The summed E-state index contributed by atoms with van der Waals surface area (Å²) in [7, 11) is 3.20. The van der Waals surface area contributed by atoms with E-state index >= 15 is 0 Å². The average molecular weight is 469 g/mol. The molecule has 1 N–H and O–H groups in total. The van der Waals surface area contributed by atoms with Gasteiger partial charge in [-0.1, -0.05) is 6.07 Å². The van der Waals surface area contributed by atoms with Crippen molar-refractivity contribution in [3.8, 4) is 11.5 Å². The first kappa shape index (κ1) is 23.8. The highest BCUT2D eigenvalue weighted by Gasteiger charge is 2.14. The number of hydrogen-bond acceptors (Lipinski definition) is 7. The average Bonchev–Trinajstić information content (AvgIpc) is 3.34. The van der Waals surface area contributed by atoms with Crippen molar-refractivity contribution in [3.05, 3.63) is 76.5 Å². The summed E-state index contributed by atoms with van der Waals surface area (Å²) in [5.74, 6) is -0.200. The molecule has 0 saturated carbocycles. The van der Waals surface area contributed by atoms with Gasteiger partial charge in [0.2, 0.25) is 0 Å². The Kier molecular flexibility index (Phi) is 8.43. The molecular formula is C24H24N2O6S. The minimum absolute atomic E-state index is 0.202. The lowest BCUT2D eigenvalue weighted by Crippen LogP contribution is -2.30. The van der Waals surface area contributed by atoms with Crippen LogP contribution in [-0.2, 0) is 20.9 Å². The van der Waals surface area contributed by atoms with E-state index in [1.54, 1.807) is 61.9 Å². The van der Waals surface area contributed by atoms with Gasteiger partial charge in [0.05, 0.1) is 12.7 Å². The second-order valence-corrected chi connectivity index (χ2v) is 7.83. The largest absolute Gasteiger partial charge is 0.497 e. The van der Waals surface area contributed by atoms with Gasteiger partial charge in [0.1, 0.15) is 11.5 Å². The number of nitrogens with one attached hydrogen (secondary N) is 1. The molecule has 2 aromatic carbocycles. The van der Waals surface area contributed by atoms with E-state index in [2.05, 4.69) is 5.32 Å². The van der Waals surface area contributed by atoms with Crippen LogP contribution in [0.15, 0.2) is 65.4 Å². The van der Waals surface area contributed by atoms with Crippen LogP contribution in [0.1, 0.15) is 15.9 Å². The fourth-order valence-corrected chi connectivity index (χ4v) is 3.46. The van der Waals surface area contributed by atoms with Crippen LogP contribution < -0.4 is 14.8 Å². The lowest BCUT2D eigenvalue weighted by molar-refractivity contribution is -0.133. The standard InChI is InChI=1S/C24H24N2O6S/c1-26(13-17-10-11-33-16-17)23(28)15-32-24(29)18-6-8-20(9-7-18)31-14-22(27)25-19-4-3-5-21(12-19)30-2/h3-12,16H,13-15H2,1-2H3,(H,25,27). The van der Waals surface area contributed by atoms with Gasteiger partial charge >= 0.3 is 5.97 Å². The summed E-state index contributed by atoms with van der Waals surface area (Å²) in [5.41, 5.74) is 1.89. The number of benzene rings is 2. The van der Waals surface area contributed by atoms with Crippen LogP contribution in [0.4, 0.5) is 5.69 Å². The first-order chi connectivity index (χ1) is 15.9. The summed E-state index contributed by atoms with van der Waals surface area (Å²) < 4.78 is 15.7. The predicted molar refractivity (Wildman–Crippen MR) is 125 cm³/mol. The molecule has 0 aliphatic rings. The maximum Gasteiger partial charge on any atom is 0.338 e. The monoisotopic (exact) mass is 468 g/mol. The minimum atomic E-state index is -0.616. The number of ether oxygens (including phenoxy) is 3. The van der Waals surface area contributed by atoms with Gasteiger partial charge in [-0.2, -0.15) is 11.3 Å². The Bertz CT molecular complexity index is 1080. The smallest absolute Gasteiger partial charge is 0.338 e. The van der Waals surface area contributed by atoms with Gasteiger partial charge < -0.3 is 24.4 Å². The van der Waals surface area contributed by atoms with Crippen LogP contribution in [0.3, 0.4) is 0 Å². The first-order valence-corrected chi connectivity index (χ1v) is 11.0. The molecule has 1 heterocycles. The Balaban J connectivity index is 1.42. The topological polar surface area (TPSA) is 94.2 Å². The number of hydrogen-bond donors (Lipinski definition) is 1. The molecule has 8 nitrogen and oxygen atoms in total. The minimum Gasteiger partial charge on any atom is -0.497 e. The Morgan fingerprint density at radius 2 is 1.79 bits per heavy atom. The van der Waals surface area contributed by atoms with Crippen LogP contribution in [-0.4, -0.2) is 50.1 Å². The zero-order valence-electron chi connectivity index (χ0n) is 18.3. The van der Waals surface area contributed by atoms with Gasteiger partial charge in [-0.15, -0.1) is 0 Å². The lowest BCUT2D eigenvalue weighted by atomic mass is 10.2. The molecule has 172 valence electrons. The van der Waals surface area contributed by atoms with Crippen molar-refractivity contribution in [1.82, 2.24) is 4.90 Å². The van der Waals surface area contributed by atoms with Gasteiger partial charge in [0.25, 0.3) is 11.8 Å². The predicted octanol–water partition coefficient (Wildman–Crippen LogP) is 3.59. The summed E-state index contributed by atoms with van der Waals surface area (Å²) in [6.07, 6.45) is 0. The highest BCUT2D eigenvalue weighted by atomic mass is 32.1. The maximum atomic E-state index is 12.2. The van der Waals surface area contributed by atoms with E-state index in [1.165, 1.54) is 17.0 Å². The number of nitrogens with zero attached hydrogens (tertiary/aromatic N) is 1. The SMILES string of the molecule is COc1cccc(NC(=O)COc2ccc(C(=O)OCC(=O)N(C)Cc3ccsc3)cc2)c1. The summed E-state index contributed by atoms with van der Waals surface area (Å²) in [4.78, 5) is 38.0. The number of rotatable bonds is 10. The molecule has 9 heteroatoms. The molecule has 1 aromatic heterocycles. The Morgan fingerprint density at radius 1 is 1.00 bits per heavy atom. The Morgan fingerprint density at radius 3 is 2.48 bits per heavy atom. The van der Waals surface area contributed by atoms with E-state index in [-0.39, 0.29) is 30.6 Å². The van der Waals surface area contributed by atoms with Crippen molar-refractivity contribution in [2.75, 3.05) is 32.7 Å². The third kappa shape index (κ3) is 7.36. The molecule has 0 bridgehead atoms. The van der Waals surface area contributed by atoms with Gasteiger partial charge in [-0.25, -0.2) is 4.79 Å². The van der Waals surface area contributed by atoms with Gasteiger partial charge in [0, 0.05) is 25.3 Å². The fourth-order valence-electron chi connectivity index (χ4n) is 2.80.